The van der Waals surface area contributed by atoms with Crippen molar-refractivity contribution in [1.82, 2.24) is 10.2 Å². The Morgan fingerprint density at radius 2 is 2.16 bits per heavy atom. The fraction of sp³-hybridized carbons (Fsp3) is 0.750. The highest BCUT2D eigenvalue weighted by atomic mass is 16.3. The lowest BCUT2D eigenvalue weighted by Crippen LogP contribution is -2.44. The Morgan fingerprint density at radius 1 is 1.42 bits per heavy atom. The van der Waals surface area contributed by atoms with Crippen molar-refractivity contribution in [3.8, 4) is 0 Å². The van der Waals surface area contributed by atoms with Gasteiger partial charge in [-0.15, -0.1) is 0 Å². The summed E-state index contributed by atoms with van der Waals surface area (Å²) in [5.74, 6) is 1.96. The van der Waals surface area contributed by atoms with Crippen LogP contribution in [-0.4, -0.2) is 32.1 Å². The van der Waals surface area contributed by atoms with Gasteiger partial charge in [-0.05, 0) is 50.4 Å². The van der Waals surface area contributed by atoms with Gasteiger partial charge in [0.25, 0.3) is 0 Å². The van der Waals surface area contributed by atoms with Crippen molar-refractivity contribution < 1.29 is 4.42 Å². The molecule has 2 rings (SSSR count). The number of furan rings is 1. The van der Waals surface area contributed by atoms with Crippen LogP contribution in [0.4, 0.5) is 0 Å². The summed E-state index contributed by atoms with van der Waals surface area (Å²) >= 11 is 0. The predicted octanol–water partition coefficient (Wildman–Crippen LogP) is 3.13. The Balaban J connectivity index is 1.92. The van der Waals surface area contributed by atoms with E-state index in [0.29, 0.717) is 5.41 Å². The topological polar surface area (TPSA) is 28.4 Å². The summed E-state index contributed by atoms with van der Waals surface area (Å²) in [6.45, 7) is 5.58. The Morgan fingerprint density at radius 3 is 2.74 bits per heavy atom. The van der Waals surface area contributed by atoms with E-state index in [1.165, 1.54) is 25.7 Å². The van der Waals surface area contributed by atoms with E-state index in [9.17, 15) is 0 Å². The second-order valence-electron chi connectivity index (χ2n) is 6.46. The Hall–Kier alpha value is -0.800. The van der Waals surface area contributed by atoms with E-state index >= 15 is 0 Å². The maximum absolute atomic E-state index is 5.45. The number of hydrogen-bond donors (Lipinski definition) is 1. The molecule has 1 aromatic rings. The highest BCUT2D eigenvalue weighted by molar-refractivity contribution is 4.98. The van der Waals surface area contributed by atoms with Crippen LogP contribution in [0.3, 0.4) is 0 Å². The average molecular weight is 264 g/mol. The zero-order valence-corrected chi connectivity index (χ0v) is 12.6. The van der Waals surface area contributed by atoms with E-state index in [0.717, 1.165) is 31.3 Å². The molecule has 0 radical (unpaired) electrons. The molecule has 1 heterocycles. The molecule has 0 saturated heterocycles. The minimum Gasteiger partial charge on any atom is -0.468 e. The maximum atomic E-state index is 5.45. The van der Waals surface area contributed by atoms with Gasteiger partial charge in [-0.3, -0.25) is 4.90 Å². The second-order valence-corrected chi connectivity index (χ2v) is 6.46. The second kappa shape index (κ2) is 6.58. The molecule has 1 N–H and O–H groups in total. The lowest BCUT2D eigenvalue weighted by Gasteiger charge is -2.42. The maximum Gasteiger partial charge on any atom is 0.117 e. The molecule has 1 aliphatic carbocycles. The molecule has 0 spiro atoms. The Bertz CT molecular complexity index is 353. The first-order chi connectivity index (χ1) is 9.13. The molecule has 19 heavy (non-hydrogen) atoms. The molecule has 0 bridgehead atoms. The molecule has 0 aromatic carbocycles. The van der Waals surface area contributed by atoms with E-state index in [1.54, 1.807) is 6.26 Å². The molecule has 108 valence electrons. The Labute approximate surface area is 117 Å². The normalized spacial score (nSPS) is 27.9. The SMILES string of the molecule is CNCC1(CN(C)Cc2ccco2)CCC(C)CC1. The van der Waals surface area contributed by atoms with Gasteiger partial charge in [0.05, 0.1) is 12.8 Å². The monoisotopic (exact) mass is 264 g/mol. The molecule has 1 saturated carbocycles. The van der Waals surface area contributed by atoms with Crippen molar-refractivity contribution in [3.05, 3.63) is 24.2 Å². The zero-order valence-electron chi connectivity index (χ0n) is 12.6. The number of hydrogen-bond acceptors (Lipinski definition) is 3. The molecule has 3 heteroatoms. The Kier molecular flexibility index (Phi) is 5.06. The van der Waals surface area contributed by atoms with Crippen molar-refractivity contribution in [2.24, 2.45) is 11.3 Å². The molecule has 0 aliphatic heterocycles. The molecular weight excluding hydrogens is 236 g/mol. The minimum atomic E-state index is 0.447. The zero-order chi connectivity index (χ0) is 13.7. The van der Waals surface area contributed by atoms with Gasteiger partial charge in [0.2, 0.25) is 0 Å². The third-order valence-corrected chi connectivity index (χ3v) is 4.50. The minimum absolute atomic E-state index is 0.447. The van der Waals surface area contributed by atoms with Crippen molar-refractivity contribution in [3.63, 3.8) is 0 Å². The van der Waals surface area contributed by atoms with Gasteiger partial charge in [0, 0.05) is 13.1 Å². The third kappa shape index (κ3) is 4.08. The highest BCUT2D eigenvalue weighted by Gasteiger charge is 2.34. The molecule has 0 amide bonds. The van der Waals surface area contributed by atoms with E-state index in [2.05, 4.69) is 37.3 Å². The standard InChI is InChI=1S/C16H28N2O/c1-14-6-8-16(9-7-14,12-17-2)13-18(3)11-15-5-4-10-19-15/h4-5,10,14,17H,6-9,11-13H2,1-3H3. The van der Waals surface area contributed by atoms with Crippen molar-refractivity contribution in [2.45, 2.75) is 39.2 Å². The van der Waals surface area contributed by atoms with Crippen LogP contribution >= 0.6 is 0 Å². The third-order valence-electron chi connectivity index (χ3n) is 4.50. The van der Waals surface area contributed by atoms with E-state index < -0.39 is 0 Å². The summed E-state index contributed by atoms with van der Waals surface area (Å²) in [4.78, 5) is 2.41. The van der Waals surface area contributed by atoms with Gasteiger partial charge in [0.15, 0.2) is 0 Å². The van der Waals surface area contributed by atoms with Crippen molar-refractivity contribution in [2.75, 3.05) is 27.2 Å². The quantitative estimate of drug-likeness (QED) is 0.855. The van der Waals surface area contributed by atoms with Crippen LogP contribution in [0.25, 0.3) is 0 Å². The van der Waals surface area contributed by atoms with Crippen LogP contribution in [0, 0.1) is 11.3 Å². The summed E-state index contributed by atoms with van der Waals surface area (Å²) in [6, 6.07) is 4.03. The largest absolute Gasteiger partial charge is 0.468 e. The molecule has 0 unspecified atom stereocenters. The number of nitrogens with one attached hydrogen (secondary N) is 1. The van der Waals surface area contributed by atoms with Gasteiger partial charge in [-0.1, -0.05) is 19.8 Å². The van der Waals surface area contributed by atoms with Crippen molar-refractivity contribution in [1.29, 1.82) is 0 Å². The van der Waals surface area contributed by atoms with E-state index in [-0.39, 0.29) is 0 Å². The van der Waals surface area contributed by atoms with E-state index in [1.807, 2.05) is 6.07 Å². The predicted molar refractivity (Wildman–Crippen MR) is 79.0 cm³/mol. The summed E-state index contributed by atoms with van der Waals surface area (Å²) in [7, 11) is 4.28. The first-order valence-corrected chi connectivity index (χ1v) is 7.49. The highest BCUT2D eigenvalue weighted by Crippen LogP contribution is 2.39. The molecule has 0 atom stereocenters. The van der Waals surface area contributed by atoms with Gasteiger partial charge < -0.3 is 9.73 Å². The molecular formula is C16H28N2O. The van der Waals surface area contributed by atoms with Crippen LogP contribution in [-0.2, 0) is 6.54 Å². The molecule has 1 aliphatic rings. The molecule has 1 aromatic heterocycles. The summed E-state index contributed by atoms with van der Waals surface area (Å²) in [5, 5.41) is 3.41. The lowest BCUT2D eigenvalue weighted by atomic mass is 9.70. The molecule has 3 nitrogen and oxygen atoms in total. The van der Waals surface area contributed by atoms with Gasteiger partial charge in [-0.25, -0.2) is 0 Å². The van der Waals surface area contributed by atoms with Crippen LogP contribution in [0.5, 0.6) is 0 Å². The van der Waals surface area contributed by atoms with Gasteiger partial charge in [-0.2, -0.15) is 0 Å². The first kappa shape index (κ1) is 14.6. The molecule has 1 fully saturated rings. The smallest absolute Gasteiger partial charge is 0.117 e. The van der Waals surface area contributed by atoms with Gasteiger partial charge in [0.1, 0.15) is 5.76 Å². The number of rotatable bonds is 6. The van der Waals surface area contributed by atoms with Gasteiger partial charge >= 0.3 is 0 Å². The van der Waals surface area contributed by atoms with Crippen LogP contribution < -0.4 is 5.32 Å². The van der Waals surface area contributed by atoms with Crippen LogP contribution in [0.2, 0.25) is 0 Å². The fourth-order valence-electron chi connectivity index (χ4n) is 3.44. The summed E-state index contributed by atoms with van der Waals surface area (Å²) < 4.78 is 5.45. The summed E-state index contributed by atoms with van der Waals surface area (Å²) in [6.07, 6.45) is 7.19. The average Bonchev–Trinajstić information content (AvgIpc) is 2.86. The van der Waals surface area contributed by atoms with Crippen molar-refractivity contribution >= 4 is 0 Å². The summed E-state index contributed by atoms with van der Waals surface area (Å²) in [5.41, 5.74) is 0.447. The van der Waals surface area contributed by atoms with Crippen LogP contribution in [0.15, 0.2) is 22.8 Å². The van der Waals surface area contributed by atoms with Crippen LogP contribution in [0.1, 0.15) is 38.4 Å². The number of nitrogens with zero attached hydrogens (tertiary/aromatic N) is 1. The fourth-order valence-corrected chi connectivity index (χ4v) is 3.44. The first-order valence-electron chi connectivity index (χ1n) is 7.49. The van der Waals surface area contributed by atoms with E-state index in [4.69, 9.17) is 4.42 Å². The lowest BCUT2D eigenvalue weighted by molar-refractivity contribution is 0.0947.